The third-order valence-corrected chi connectivity index (χ3v) is 3.71. The second-order valence-corrected chi connectivity index (χ2v) is 5.30. The van der Waals surface area contributed by atoms with Crippen LogP contribution in [0.5, 0.6) is 0 Å². The highest BCUT2D eigenvalue weighted by molar-refractivity contribution is 5.48. The molecule has 3 nitrogen and oxygen atoms in total. The van der Waals surface area contributed by atoms with E-state index in [1.165, 1.54) is 0 Å². The van der Waals surface area contributed by atoms with Crippen LogP contribution in [0.2, 0.25) is 0 Å². The Balaban J connectivity index is 2.14. The molecule has 0 aliphatic rings. The number of benzene rings is 1. The van der Waals surface area contributed by atoms with Crippen LogP contribution >= 0.6 is 0 Å². The molecule has 1 N–H and O–H groups in total. The molecular weight excluding hydrogens is 260 g/mol. The van der Waals surface area contributed by atoms with Crippen LogP contribution < -0.4 is 4.90 Å². The monoisotopic (exact) mass is 284 g/mol. The average Bonchev–Trinajstić information content (AvgIpc) is 2.52. The zero-order valence-corrected chi connectivity index (χ0v) is 13.1. The fourth-order valence-electron chi connectivity index (χ4n) is 2.41. The summed E-state index contributed by atoms with van der Waals surface area (Å²) in [5.74, 6) is 0. The molecule has 112 valence electrons. The Bertz CT molecular complexity index is 566. The van der Waals surface area contributed by atoms with Gasteiger partial charge < -0.3 is 10.0 Å². The lowest BCUT2D eigenvalue weighted by molar-refractivity contribution is 0.173. The number of pyridine rings is 1. The maximum atomic E-state index is 9.86. The zero-order chi connectivity index (χ0) is 15.2. The van der Waals surface area contributed by atoms with Crippen molar-refractivity contribution in [2.75, 3.05) is 11.4 Å². The van der Waals surface area contributed by atoms with Gasteiger partial charge in [-0.2, -0.15) is 0 Å². The van der Waals surface area contributed by atoms with E-state index in [0.29, 0.717) is 0 Å². The predicted octanol–water partition coefficient (Wildman–Crippen LogP) is 3.86. The Labute approximate surface area is 127 Å². The van der Waals surface area contributed by atoms with Crippen molar-refractivity contribution in [1.82, 2.24) is 4.98 Å². The van der Waals surface area contributed by atoms with Gasteiger partial charge in [0.1, 0.15) is 0 Å². The molecule has 3 heteroatoms. The second kappa shape index (κ2) is 7.23. The maximum Gasteiger partial charge on any atom is 0.0787 e. The molecule has 0 aliphatic heterocycles. The Morgan fingerprint density at radius 3 is 2.38 bits per heavy atom. The van der Waals surface area contributed by atoms with E-state index < -0.39 is 0 Å². The van der Waals surface area contributed by atoms with E-state index in [1.54, 1.807) is 0 Å². The van der Waals surface area contributed by atoms with E-state index in [1.807, 2.05) is 38.1 Å². The number of rotatable bonds is 6. The molecule has 0 amide bonds. The minimum absolute atomic E-state index is 0.368. The first-order valence-electron chi connectivity index (χ1n) is 7.59. The first kappa shape index (κ1) is 15.5. The highest BCUT2D eigenvalue weighted by atomic mass is 16.3. The standard InChI is InChI=1S/C18H24N2O/c1-4-18(21)15-9-11-17(12-10-15)20(5-2)13-16-8-6-7-14(3)19-16/h6-12,18,21H,4-5,13H2,1-3H3/t18-/m1/s1. The fourth-order valence-corrected chi connectivity index (χ4v) is 2.41. The summed E-state index contributed by atoms with van der Waals surface area (Å²) in [5.41, 5.74) is 4.26. The lowest BCUT2D eigenvalue weighted by Gasteiger charge is -2.23. The molecule has 1 aromatic carbocycles. The van der Waals surface area contributed by atoms with Crippen molar-refractivity contribution >= 4 is 5.69 Å². The van der Waals surface area contributed by atoms with Crippen LogP contribution in [0, 0.1) is 6.92 Å². The van der Waals surface area contributed by atoms with Gasteiger partial charge in [-0.25, -0.2) is 0 Å². The summed E-state index contributed by atoms with van der Waals surface area (Å²) in [6.07, 6.45) is 0.372. The molecule has 2 rings (SSSR count). The van der Waals surface area contributed by atoms with E-state index >= 15 is 0 Å². The molecule has 1 aromatic heterocycles. The van der Waals surface area contributed by atoms with E-state index in [4.69, 9.17) is 0 Å². The smallest absolute Gasteiger partial charge is 0.0787 e. The molecular formula is C18H24N2O. The summed E-state index contributed by atoms with van der Waals surface area (Å²) in [6.45, 7) is 7.87. The van der Waals surface area contributed by atoms with Gasteiger partial charge in [-0.15, -0.1) is 0 Å². The van der Waals surface area contributed by atoms with Crippen LogP contribution in [0.4, 0.5) is 5.69 Å². The molecule has 21 heavy (non-hydrogen) atoms. The van der Waals surface area contributed by atoms with Gasteiger partial charge in [0.2, 0.25) is 0 Å². The second-order valence-electron chi connectivity index (χ2n) is 5.30. The van der Waals surface area contributed by atoms with Gasteiger partial charge in [0.05, 0.1) is 18.3 Å². The van der Waals surface area contributed by atoms with E-state index in [-0.39, 0.29) is 6.10 Å². The minimum Gasteiger partial charge on any atom is -0.388 e. The van der Waals surface area contributed by atoms with Gasteiger partial charge in [-0.05, 0) is 50.1 Å². The van der Waals surface area contributed by atoms with E-state index in [2.05, 4.69) is 35.0 Å². The van der Waals surface area contributed by atoms with Crippen LogP contribution in [0.15, 0.2) is 42.5 Å². The van der Waals surface area contributed by atoms with Crippen molar-refractivity contribution in [2.24, 2.45) is 0 Å². The van der Waals surface area contributed by atoms with Crippen molar-refractivity contribution in [3.8, 4) is 0 Å². The normalized spacial score (nSPS) is 12.2. The number of aliphatic hydroxyl groups excluding tert-OH is 1. The SMILES string of the molecule is CC[C@@H](O)c1ccc(N(CC)Cc2cccc(C)n2)cc1. The molecule has 0 unspecified atom stereocenters. The topological polar surface area (TPSA) is 36.4 Å². The summed E-state index contributed by atoms with van der Waals surface area (Å²) in [5, 5.41) is 9.86. The van der Waals surface area contributed by atoms with Gasteiger partial charge in [-0.3, -0.25) is 4.98 Å². The molecule has 2 aromatic rings. The van der Waals surface area contributed by atoms with E-state index in [9.17, 15) is 5.11 Å². The zero-order valence-electron chi connectivity index (χ0n) is 13.1. The number of aromatic nitrogens is 1. The molecule has 0 spiro atoms. The van der Waals surface area contributed by atoms with Crippen LogP contribution in [0.1, 0.15) is 43.3 Å². The van der Waals surface area contributed by atoms with Crippen LogP contribution in [-0.4, -0.2) is 16.6 Å². The molecule has 1 atom stereocenters. The third kappa shape index (κ3) is 4.05. The number of hydrogen-bond acceptors (Lipinski definition) is 3. The summed E-state index contributed by atoms with van der Waals surface area (Å²) >= 11 is 0. The van der Waals surface area contributed by atoms with Crippen LogP contribution in [-0.2, 0) is 6.54 Å². The molecule has 0 bridgehead atoms. The number of aliphatic hydroxyl groups is 1. The first-order valence-corrected chi connectivity index (χ1v) is 7.59. The minimum atomic E-state index is -0.368. The summed E-state index contributed by atoms with van der Waals surface area (Å²) in [7, 11) is 0. The predicted molar refractivity (Wildman–Crippen MR) is 87.4 cm³/mol. The van der Waals surface area contributed by atoms with E-state index in [0.717, 1.165) is 42.1 Å². The van der Waals surface area contributed by atoms with Gasteiger partial charge in [0.25, 0.3) is 0 Å². The van der Waals surface area contributed by atoms with Crippen molar-refractivity contribution < 1.29 is 5.11 Å². The largest absolute Gasteiger partial charge is 0.388 e. The molecule has 0 saturated carbocycles. The number of aryl methyl sites for hydroxylation is 1. The lowest BCUT2D eigenvalue weighted by Crippen LogP contribution is -2.22. The van der Waals surface area contributed by atoms with Gasteiger partial charge in [-0.1, -0.05) is 25.1 Å². The Kier molecular flexibility index (Phi) is 5.34. The number of nitrogens with zero attached hydrogens (tertiary/aromatic N) is 2. The summed E-state index contributed by atoms with van der Waals surface area (Å²) < 4.78 is 0. The average molecular weight is 284 g/mol. The summed E-state index contributed by atoms with van der Waals surface area (Å²) in [6, 6.07) is 14.3. The number of hydrogen-bond donors (Lipinski definition) is 1. The number of anilines is 1. The molecule has 0 radical (unpaired) electrons. The maximum absolute atomic E-state index is 9.86. The fraction of sp³-hybridized carbons (Fsp3) is 0.389. The molecule has 1 heterocycles. The van der Waals surface area contributed by atoms with Crippen LogP contribution in [0.25, 0.3) is 0 Å². The summed E-state index contributed by atoms with van der Waals surface area (Å²) in [4.78, 5) is 6.85. The quantitative estimate of drug-likeness (QED) is 0.875. The lowest BCUT2D eigenvalue weighted by atomic mass is 10.1. The van der Waals surface area contributed by atoms with Crippen LogP contribution in [0.3, 0.4) is 0 Å². The highest BCUT2D eigenvalue weighted by Crippen LogP contribution is 2.22. The Morgan fingerprint density at radius 1 is 1.10 bits per heavy atom. The van der Waals surface area contributed by atoms with Crippen molar-refractivity contribution in [2.45, 2.75) is 39.8 Å². The van der Waals surface area contributed by atoms with Crippen molar-refractivity contribution in [3.05, 3.63) is 59.4 Å². The highest BCUT2D eigenvalue weighted by Gasteiger charge is 2.09. The first-order chi connectivity index (χ1) is 10.1. The van der Waals surface area contributed by atoms with Crippen molar-refractivity contribution in [1.29, 1.82) is 0 Å². The van der Waals surface area contributed by atoms with Crippen molar-refractivity contribution in [3.63, 3.8) is 0 Å². The Morgan fingerprint density at radius 2 is 1.81 bits per heavy atom. The van der Waals surface area contributed by atoms with Gasteiger partial charge >= 0.3 is 0 Å². The van der Waals surface area contributed by atoms with Gasteiger partial charge in [0.15, 0.2) is 0 Å². The molecule has 0 fully saturated rings. The Hall–Kier alpha value is -1.87. The molecule has 0 saturated heterocycles. The van der Waals surface area contributed by atoms with Gasteiger partial charge in [0, 0.05) is 17.9 Å². The third-order valence-electron chi connectivity index (χ3n) is 3.71. The molecule has 0 aliphatic carbocycles.